The highest BCUT2D eigenvalue weighted by Crippen LogP contribution is 2.32. The quantitative estimate of drug-likeness (QED) is 0.681. The molecule has 10 heteroatoms. The second-order valence-electron chi connectivity index (χ2n) is 6.79. The Morgan fingerprint density at radius 3 is 2.45 bits per heavy atom. The zero-order chi connectivity index (χ0) is 21.2. The maximum Gasteiger partial charge on any atom is 0.434 e. The molecule has 29 heavy (non-hydrogen) atoms. The van der Waals surface area contributed by atoms with E-state index in [2.05, 4.69) is 9.97 Å². The van der Waals surface area contributed by atoms with Crippen molar-refractivity contribution in [3.63, 3.8) is 0 Å². The Hall–Kier alpha value is -2.39. The van der Waals surface area contributed by atoms with Crippen LogP contribution < -0.4 is 4.90 Å². The summed E-state index contributed by atoms with van der Waals surface area (Å²) in [6, 6.07) is 6.41. The van der Waals surface area contributed by atoms with Gasteiger partial charge in [-0.25, -0.2) is 14.8 Å². The smallest absolute Gasteiger partial charge is 0.434 e. The summed E-state index contributed by atoms with van der Waals surface area (Å²) in [6.45, 7) is 4.13. The lowest BCUT2D eigenvalue weighted by molar-refractivity contribution is -0.141. The van der Waals surface area contributed by atoms with Gasteiger partial charge in [-0.15, -0.1) is 0 Å². The zero-order valence-corrected chi connectivity index (χ0v) is 16.5. The highest BCUT2D eigenvalue weighted by Gasteiger charge is 2.39. The number of carbonyl (C=O) groups is 1. The fourth-order valence-electron chi connectivity index (χ4n) is 3.04. The highest BCUT2D eigenvalue weighted by atomic mass is 35.5. The number of halogens is 4. The van der Waals surface area contributed by atoms with Crippen LogP contribution >= 0.6 is 11.6 Å². The highest BCUT2D eigenvalue weighted by molar-refractivity contribution is 6.30. The molecule has 0 unspecified atom stereocenters. The van der Waals surface area contributed by atoms with Crippen LogP contribution in [0, 0.1) is 0 Å². The first kappa shape index (κ1) is 21.3. The number of esters is 1. The zero-order valence-electron chi connectivity index (χ0n) is 15.7. The lowest BCUT2D eigenvalue weighted by Gasteiger charge is -2.35. The molecule has 0 saturated carbocycles. The predicted molar refractivity (Wildman–Crippen MR) is 99.8 cm³/mol. The van der Waals surface area contributed by atoms with Crippen LogP contribution in [-0.4, -0.2) is 41.2 Å². The van der Waals surface area contributed by atoms with Crippen LogP contribution in [0.5, 0.6) is 0 Å². The van der Waals surface area contributed by atoms with Crippen molar-refractivity contribution in [1.82, 2.24) is 9.97 Å². The van der Waals surface area contributed by atoms with Crippen molar-refractivity contribution in [3.05, 3.63) is 52.3 Å². The van der Waals surface area contributed by atoms with Crippen molar-refractivity contribution < 1.29 is 27.4 Å². The van der Waals surface area contributed by atoms with Gasteiger partial charge in [0.15, 0.2) is 5.69 Å². The van der Waals surface area contributed by atoms with Gasteiger partial charge in [0.1, 0.15) is 12.2 Å². The molecular formula is C19H19ClF3N3O3. The lowest BCUT2D eigenvalue weighted by atomic mass is 10.2. The number of nitrogens with zero attached hydrogens (tertiary/aromatic N) is 3. The van der Waals surface area contributed by atoms with Gasteiger partial charge in [-0.1, -0.05) is 23.7 Å². The van der Waals surface area contributed by atoms with Crippen molar-refractivity contribution in [1.29, 1.82) is 0 Å². The number of rotatable bonds is 4. The van der Waals surface area contributed by atoms with Crippen LogP contribution in [0.25, 0.3) is 0 Å². The second kappa shape index (κ2) is 8.54. The van der Waals surface area contributed by atoms with Gasteiger partial charge in [0, 0.05) is 24.3 Å². The van der Waals surface area contributed by atoms with E-state index < -0.39 is 23.4 Å². The molecule has 6 nitrogen and oxygen atoms in total. The van der Waals surface area contributed by atoms with E-state index in [1.165, 1.54) is 0 Å². The van der Waals surface area contributed by atoms with Gasteiger partial charge in [-0.3, -0.25) is 0 Å². The monoisotopic (exact) mass is 429 g/mol. The van der Waals surface area contributed by atoms with Crippen molar-refractivity contribution >= 4 is 23.5 Å². The van der Waals surface area contributed by atoms with Crippen LogP contribution in [0.2, 0.25) is 5.02 Å². The normalized spacial score (nSPS) is 19.9. The average molecular weight is 430 g/mol. The fourth-order valence-corrected chi connectivity index (χ4v) is 3.16. The van der Waals surface area contributed by atoms with E-state index in [0.717, 1.165) is 6.20 Å². The first-order valence-electron chi connectivity index (χ1n) is 8.89. The molecule has 0 amide bonds. The van der Waals surface area contributed by atoms with E-state index in [0.29, 0.717) is 23.7 Å². The molecule has 156 valence electrons. The summed E-state index contributed by atoms with van der Waals surface area (Å²) < 4.78 is 51.3. The first-order valence-corrected chi connectivity index (χ1v) is 9.27. The van der Waals surface area contributed by atoms with Crippen LogP contribution in [-0.2, 0) is 22.3 Å². The summed E-state index contributed by atoms with van der Waals surface area (Å²) in [5.74, 6) is -1.25. The summed E-state index contributed by atoms with van der Waals surface area (Å²) in [5.41, 5.74) is -1.47. The average Bonchev–Trinajstić information content (AvgIpc) is 2.65. The molecule has 0 N–H and O–H groups in total. The fraction of sp³-hybridized carbons (Fsp3) is 0.421. The molecule has 0 spiro atoms. The summed E-state index contributed by atoms with van der Waals surface area (Å²) in [6.07, 6.45) is -4.34. The van der Waals surface area contributed by atoms with Gasteiger partial charge >= 0.3 is 12.1 Å². The Balaban J connectivity index is 1.82. The Labute approximate surface area is 170 Å². The Morgan fingerprint density at radius 2 is 1.86 bits per heavy atom. The number of hydrogen-bond acceptors (Lipinski definition) is 6. The number of alkyl halides is 3. The van der Waals surface area contributed by atoms with Crippen molar-refractivity contribution in [2.45, 2.75) is 38.8 Å². The molecule has 2 atom stereocenters. The predicted octanol–water partition coefficient (Wildman–Crippen LogP) is 4.12. The Kier molecular flexibility index (Phi) is 6.28. The maximum atomic E-state index is 13.6. The standard InChI is InChI=1S/C19H19ClF3N3O3/c1-11-8-26(9-12(2)29-11)18-24-7-15(16(25-18)19(21,22)23)17(27)28-10-13-3-5-14(20)6-4-13/h3-7,11-12H,8-10H2,1-2H3/t11-,12-/m1/s1. The van der Waals surface area contributed by atoms with Crippen LogP contribution in [0.3, 0.4) is 0 Å². The number of carbonyl (C=O) groups excluding carboxylic acids is 1. The summed E-state index contributed by atoms with van der Waals surface area (Å²) in [7, 11) is 0. The molecular weight excluding hydrogens is 411 g/mol. The molecule has 2 aromatic rings. The molecule has 0 aliphatic carbocycles. The number of aromatic nitrogens is 2. The summed E-state index contributed by atoms with van der Waals surface area (Å²) >= 11 is 5.78. The molecule has 0 radical (unpaired) electrons. The van der Waals surface area contributed by atoms with Gasteiger partial charge < -0.3 is 14.4 Å². The van der Waals surface area contributed by atoms with Gasteiger partial charge in [0.25, 0.3) is 0 Å². The SMILES string of the molecule is C[C@@H]1CN(c2ncc(C(=O)OCc3ccc(Cl)cc3)c(C(F)(F)F)n2)C[C@@H](C)O1. The molecule has 1 aromatic carbocycles. The van der Waals surface area contributed by atoms with E-state index in [4.69, 9.17) is 21.1 Å². The van der Waals surface area contributed by atoms with Crippen LogP contribution in [0.1, 0.15) is 35.5 Å². The van der Waals surface area contributed by atoms with Crippen LogP contribution in [0.15, 0.2) is 30.5 Å². The first-order chi connectivity index (χ1) is 13.6. The van der Waals surface area contributed by atoms with Gasteiger partial charge in [0.05, 0.1) is 12.2 Å². The van der Waals surface area contributed by atoms with Gasteiger partial charge in [-0.2, -0.15) is 13.2 Å². The largest absolute Gasteiger partial charge is 0.457 e. The van der Waals surface area contributed by atoms with E-state index in [1.807, 2.05) is 13.8 Å². The number of benzene rings is 1. The third-order valence-electron chi connectivity index (χ3n) is 4.25. The van der Waals surface area contributed by atoms with Crippen molar-refractivity contribution in [2.24, 2.45) is 0 Å². The topological polar surface area (TPSA) is 64.6 Å². The Bertz CT molecular complexity index is 867. The minimum atomic E-state index is -4.84. The van der Waals surface area contributed by atoms with Crippen molar-refractivity contribution in [3.8, 4) is 0 Å². The van der Waals surface area contributed by atoms with E-state index in [9.17, 15) is 18.0 Å². The van der Waals surface area contributed by atoms with E-state index in [-0.39, 0.29) is 24.8 Å². The molecule has 1 aliphatic heterocycles. The van der Waals surface area contributed by atoms with Gasteiger partial charge in [-0.05, 0) is 31.5 Å². The number of ether oxygens (including phenoxy) is 2. The van der Waals surface area contributed by atoms with Crippen molar-refractivity contribution in [2.75, 3.05) is 18.0 Å². The Morgan fingerprint density at radius 1 is 1.24 bits per heavy atom. The van der Waals surface area contributed by atoms with E-state index in [1.54, 1.807) is 29.2 Å². The second-order valence-corrected chi connectivity index (χ2v) is 7.23. The summed E-state index contributed by atoms with van der Waals surface area (Å²) in [4.78, 5) is 21.5. The molecule has 0 bridgehead atoms. The molecule has 1 fully saturated rings. The molecule has 2 heterocycles. The third kappa shape index (κ3) is 5.36. The minimum absolute atomic E-state index is 0.103. The number of anilines is 1. The third-order valence-corrected chi connectivity index (χ3v) is 4.50. The minimum Gasteiger partial charge on any atom is -0.457 e. The van der Waals surface area contributed by atoms with Gasteiger partial charge in [0.2, 0.25) is 5.95 Å². The molecule has 1 aliphatic rings. The lowest BCUT2D eigenvalue weighted by Crippen LogP contribution is -2.46. The van der Waals surface area contributed by atoms with Crippen LogP contribution in [0.4, 0.5) is 19.1 Å². The molecule has 1 saturated heterocycles. The summed E-state index contributed by atoms with van der Waals surface area (Å²) in [5, 5.41) is 0.496. The molecule has 1 aromatic heterocycles. The number of morpholine rings is 1. The molecule has 3 rings (SSSR count). The maximum absolute atomic E-state index is 13.6. The van der Waals surface area contributed by atoms with E-state index >= 15 is 0 Å². The number of hydrogen-bond donors (Lipinski definition) is 0.